The number of hydrogen-bond acceptors (Lipinski definition) is 4. The number of hydrogen-bond donors (Lipinski definition) is 2. The fourth-order valence-electron chi connectivity index (χ4n) is 0.858. The van der Waals surface area contributed by atoms with Crippen molar-refractivity contribution in [1.82, 2.24) is 0 Å². The summed E-state index contributed by atoms with van der Waals surface area (Å²) in [6.45, 7) is 0. The van der Waals surface area contributed by atoms with Crippen LogP contribution in [0.15, 0.2) is 12.1 Å². The number of anilines is 1. The van der Waals surface area contributed by atoms with Crippen molar-refractivity contribution in [2.24, 2.45) is 0 Å². The Morgan fingerprint density at radius 3 is 2.69 bits per heavy atom. The van der Waals surface area contributed by atoms with Crippen molar-refractivity contribution in [2.75, 3.05) is 5.73 Å². The van der Waals surface area contributed by atoms with Gasteiger partial charge in [-0.3, -0.25) is 10.1 Å². The van der Waals surface area contributed by atoms with Crippen LogP contribution in [0.4, 0.5) is 11.4 Å². The van der Waals surface area contributed by atoms with Crippen molar-refractivity contribution in [3.63, 3.8) is 0 Å². The summed E-state index contributed by atoms with van der Waals surface area (Å²) in [4.78, 5) is 9.79. The van der Waals surface area contributed by atoms with E-state index in [1.54, 1.807) is 0 Å². The number of nitro groups is 1. The number of nitrogens with two attached hydrogens (primary N) is 1. The monoisotopic (exact) mass is 199 g/mol. The molecule has 6 heteroatoms. The van der Waals surface area contributed by atoms with Gasteiger partial charge in [0.05, 0.1) is 4.92 Å². The summed E-state index contributed by atoms with van der Waals surface area (Å²) in [6.07, 6.45) is 0.943. The molecule has 68 valence electrons. The molecule has 0 aliphatic heterocycles. The van der Waals surface area contributed by atoms with Crippen molar-refractivity contribution in [1.29, 1.82) is 5.41 Å². The predicted molar refractivity (Wildman–Crippen MR) is 50.4 cm³/mol. The number of nitrogen functional groups attached to an aromatic ring is 1. The minimum atomic E-state index is -0.616. The van der Waals surface area contributed by atoms with E-state index in [9.17, 15) is 10.1 Å². The maximum absolute atomic E-state index is 10.4. The molecule has 0 unspecified atom stereocenters. The van der Waals surface area contributed by atoms with Crippen LogP contribution in [0.25, 0.3) is 0 Å². The van der Waals surface area contributed by atoms with Gasteiger partial charge in [0, 0.05) is 23.5 Å². The number of nitrogens with zero attached hydrogens (tertiary/aromatic N) is 1. The number of nitrogens with one attached hydrogen (secondary N) is 1. The van der Waals surface area contributed by atoms with E-state index in [0.717, 1.165) is 6.21 Å². The van der Waals surface area contributed by atoms with Gasteiger partial charge in [0.25, 0.3) is 5.69 Å². The second-order valence-corrected chi connectivity index (χ2v) is 2.74. The Kier molecular flexibility index (Phi) is 2.48. The van der Waals surface area contributed by atoms with Crippen molar-refractivity contribution in [2.45, 2.75) is 0 Å². The first kappa shape index (κ1) is 9.47. The van der Waals surface area contributed by atoms with Crippen molar-refractivity contribution in [3.8, 4) is 0 Å². The van der Waals surface area contributed by atoms with Crippen LogP contribution in [0, 0.1) is 15.5 Å². The first-order valence-corrected chi connectivity index (χ1v) is 3.68. The zero-order valence-corrected chi connectivity index (χ0v) is 7.21. The molecule has 0 fully saturated rings. The normalized spacial score (nSPS) is 9.62. The standard InChI is InChI=1S/C7H6ClN3O2/c8-5-2-6(10)4(3-9)1-7(5)11(12)13/h1-3,9H,10H2. The SMILES string of the molecule is N=Cc1cc([N+](=O)[O-])c(Cl)cc1N. The molecule has 0 bridgehead atoms. The Bertz CT molecular complexity index is 378. The highest BCUT2D eigenvalue weighted by atomic mass is 35.5. The van der Waals surface area contributed by atoms with E-state index in [-0.39, 0.29) is 22.0 Å². The zero-order valence-electron chi connectivity index (χ0n) is 6.45. The second-order valence-electron chi connectivity index (χ2n) is 2.33. The summed E-state index contributed by atoms with van der Waals surface area (Å²) >= 11 is 5.56. The topological polar surface area (TPSA) is 93.0 Å². The van der Waals surface area contributed by atoms with E-state index in [0.29, 0.717) is 0 Å². The molecule has 3 N–H and O–H groups in total. The van der Waals surface area contributed by atoms with Crippen LogP contribution in [0.1, 0.15) is 5.56 Å². The van der Waals surface area contributed by atoms with Crippen LogP contribution in [0.2, 0.25) is 5.02 Å². The van der Waals surface area contributed by atoms with Crippen molar-refractivity contribution >= 4 is 29.2 Å². The third-order valence-corrected chi connectivity index (χ3v) is 1.81. The quantitative estimate of drug-likeness (QED) is 0.329. The summed E-state index contributed by atoms with van der Waals surface area (Å²) in [5, 5.41) is 17.3. The molecule has 0 aliphatic rings. The fraction of sp³-hybridized carbons (Fsp3) is 0. The molecule has 1 aromatic rings. The molecular formula is C7H6ClN3O2. The summed E-state index contributed by atoms with van der Waals surface area (Å²) < 4.78 is 0. The molecular weight excluding hydrogens is 194 g/mol. The van der Waals surface area contributed by atoms with E-state index < -0.39 is 4.92 Å². The third kappa shape index (κ3) is 1.75. The van der Waals surface area contributed by atoms with Crippen LogP contribution in [0.5, 0.6) is 0 Å². The van der Waals surface area contributed by atoms with E-state index in [1.165, 1.54) is 12.1 Å². The Morgan fingerprint density at radius 2 is 2.23 bits per heavy atom. The van der Waals surface area contributed by atoms with Crippen molar-refractivity contribution < 1.29 is 4.92 Å². The van der Waals surface area contributed by atoms with Crippen molar-refractivity contribution in [3.05, 3.63) is 32.8 Å². The Hall–Kier alpha value is -1.62. The average molecular weight is 200 g/mol. The van der Waals surface area contributed by atoms with Gasteiger partial charge in [-0.1, -0.05) is 11.6 Å². The van der Waals surface area contributed by atoms with Crippen LogP contribution < -0.4 is 5.73 Å². The maximum Gasteiger partial charge on any atom is 0.288 e. The number of benzene rings is 1. The van der Waals surface area contributed by atoms with Gasteiger partial charge in [0.2, 0.25) is 0 Å². The van der Waals surface area contributed by atoms with E-state index in [2.05, 4.69) is 0 Å². The van der Waals surface area contributed by atoms with Gasteiger partial charge < -0.3 is 11.1 Å². The molecule has 0 saturated carbocycles. The fourth-order valence-corrected chi connectivity index (χ4v) is 1.10. The molecule has 13 heavy (non-hydrogen) atoms. The Balaban J connectivity index is 3.38. The highest BCUT2D eigenvalue weighted by Gasteiger charge is 2.14. The number of rotatable bonds is 2. The molecule has 0 heterocycles. The first-order chi connectivity index (χ1) is 6.06. The first-order valence-electron chi connectivity index (χ1n) is 3.30. The van der Waals surface area contributed by atoms with Crippen LogP contribution in [-0.4, -0.2) is 11.1 Å². The lowest BCUT2D eigenvalue weighted by molar-refractivity contribution is -0.384. The van der Waals surface area contributed by atoms with Gasteiger partial charge in [0.15, 0.2) is 0 Å². The lowest BCUT2D eigenvalue weighted by atomic mass is 10.2. The van der Waals surface area contributed by atoms with Gasteiger partial charge in [-0.15, -0.1) is 0 Å². The number of halogens is 1. The third-order valence-electron chi connectivity index (χ3n) is 1.50. The lowest BCUT2D eigenvalue weighted by Crippen LogP contribution is -1.96. The molecule has 0 spiro atoms. The number of nitro benzene ring substituents is 1. The molecule has 0 radical (unpaired) electrons. The van der Waals surface area contributed by atoms with Gasteiger partial charge >= 0.3 is 0 Å². The van der Waals surface area contributed by atoms with Gasteiger partial charge in [-0.2, -0.15) is 0 Å². The molecule has 1 aromatic carbocycles. The smallest absolute Gasteiger partial charge is 0.288 e. The minimum Gasteiger partial charge on any atom is -0.398 e. The summed E-state index contributed by atoms with van der Waals surface area (Å²) in [7, 11) is 0. The van der Waals surface area contributed by atoms with Crippen LogP contribution >= 0.6 is 11.6 Å². The molecule has 0 atom stereocenters. The van der Waals surface area contributed by atoms with Gasteiger partial charge in [-0.05, 0) is 6.07 Å². The van der Waals surface area contributed by atoms with E-state index in [1.807, 2.05) is 0 Å². The highest BCUT2D eigenvalue weighted by molar-refractivity contribution is 6.33. The zero-order chi connectivity index (χ0) is 10.0. The largest absolute Gasteiger partial charge is 0.398 e. The summed E-state index contributed by atoms with van der Waals surface area (Å²) in [5.74, 6) is 0. The average Bonchev–Trinajstić information content (AvgIpc) is 2.03. The lowest BCUT2D eigenvalue weighted by Gasteiger charge is -2.00. The minimum absolute atomic E-state index is 0.0203. The molecule has 0 aromatic heterocycles. The highest BCUT2D eigenvalue weighted by Crippen LogP contribution is 2.28. The van der Waals surface area contributed by atoms with Gasteiger partial charge in [-0.25, -0.2) is 0 Å². The molecule has 0 amide bonds. The summed E-state index contributed by atoms with van der Waals surface area (Å²) in [6, 6.07) is 2.44. The second kappa shape index (κ2) is 3.40. The Morgan fingerprint density at radius 1 is 1.62 bits per heavy atom. The molecule has 0 saturated heterocycles. The summed E-state index contributed by atoms with van der Waals surface area (Å²) in [5.41, 5.74) is 5.74. The maximum atomic E-state index is 10.4. The molecule has 0 aliphatic carbocycles. The van der Waals surface area contributed by atoms with Crippen LogP contribution in [-0.2, 0) is 0 Å². The van der Waals surface area contributed by atoms with E-state index >= 15 is 0 Å². The molecule has 5 nitrogen and oxygen atoms in total. The van der Waals surface area contributed by atoms with Gasteiger partial charge in [0.1, 0.15) is 5.02 Å². The predicted octanol–water partition coefficient (Wildman–Crippen LogP) is 1.83. The molecule has 1 rings (SSSR count). The van der Waals surface area contributed by atoms with E-state index in [4.69, 9.17) is 22.7 Å². The van der Waals surface area contributed by atoms with Crippen LogP contribution in [0.3, 0.4) is 0 Å². The Labute approximate surface area is 78.8 Å².